The minimum Gasteiger partial charge on any atom is -0.314 e. The molecule has 0 nitrogen and oxygen atoms in total. The van der Waals surface area contributed by atoms with Crippen LogP contribution in [0, 0.1) is 0 Å². The van der Waals surface area contributed by atoms with Gasteiger partial charge in [0.2, 0.25) is 8.41 Å². The Labute approximate surface area is 45.2 Å². The summed E-state index contributed by atoms with van der Waals surface area (Å²) in [5.41, 5.74) is 0. The van der Waals surface area contributed by atoms with Crippen LogP contribution in [0.1, 0.15) is 0 Å². The van der Waals surface area contributed by atoms with Gasteiger partial charge in [-0.2, -0.15) is 0 Å². The molecule has 0 aromatic heterocycles. The van der Waals surface area contributed by atoms with Crippen molar-refractivity contribution in [3.63, 3.8) is 0 Å². The van der Waals surface area contributed by atoms with Crippen LogP contribution in [0.5, 0.6) is 0 Å². The van der Waals surface area contributed by atoms with E-state index in [2.05, 4.69) is 6.58 Å². The SMILES string of the molecule is C=CC[Si](C)(C)F. The van der Waals surface area contributed by atoms with Crippen molar-refractivity contribution in [3.05, 3.63) is 12.7 Å². The fraction of sp³-hybridized carbons (Fsp3) is 0.600. The Bertz CT molecular complexity index is 63.0. The molecule has 0 aliphatic carbocycles. The molecule has 0 saturated heterocycles. The summed E-state index contributed by atoms with van der Waals surface area (Å²) in [4.78, 5) is 0. The summed E-state index contributed by atoms with van der Waals surface area (Å²) in [6.07, 6.45) is 1.65. The van der Waals surface area contributed by atoms with E-state index in [4.69, 9.17) is 0 Å². The third-order valence-corrected chi connectivity index (χ3v) is 1.89. The van der Waals surface area contributed by atoms with Gasteiger partial charge in [0.1, 0.15) is 0 Å². The van der Waals surface area contributed by atoms with E-state index in [9.17, 15) is 4.11 Å². The number of rotatable bonds is 2. The normalized spacial score (nSPS) is 11.3. The van der Waals surface area contributed by atoms with Crippen molar-refractivity contribution < 1.29 is 4.11 Å². The van der Waals surface area contributed by atoms with Crippen LogP contribution in [-0.2, 0) is 0 Å². The Morgan fingerprint density at radius 3 is 2.14 bits per heavy atom. The van der Waals surface area contributed by atoms with Gasteiger partial charge >= 0.3 is 0 Å². The van der Waals surface area contributed by atoms with Gasteiger partial charge in [-0.3, -0.25) is 0 Å². The molecule has 0 radical (unpaired) electrons. The summed E-state index contributed by atoms with van der Waals surface area (Å²) in [5, 5.41) is 0. The molecular formula is C5H11FSi. The summed E-state index contributed by atoms with van der Waals surface area (Å²) in [7, 11) is -2.28. The maximum absolute atomic E-state index is 12.5. The predicted molar refractivity (Wildman–Crippen MR) is 33.6 cm³/mol. The lowest BCUT2D eigenvalue weighted by molar-refractivity contribution is 0.800. The molecule has 0 N–H and O–H groups in total. The number of hydrogen-bond donors (Lipinski definition) is 0. The average Bonchev–Trinajstić information content (AvgIpc) is 1.30. The third kappa shape index (κ3) is 5.89. The van der Waals surface area contributed by atoms with Gasteiger partial charge in [-0.25, -0.2) is 0 Å². The predicted octanol–water partition coefficient (Wildman–Crippen LogP) is 2.35. The number of halogens is 1. The van der Waals surface area contributed by atoms with E-state index < -0.39 is 8.41 Å². The minimum absolute atomic E-state index is 0.576. The van der Waals surface area contributed by atoms with Gasteiger partial charge in [0, 0.05) is 0 Å². The van der Waals surface area contributed by atoms with Crippen molar-refractivity contribution in [1.82, 2.24) is 0 Å². The quantitative estimate of drug-likeness (QED) is 0.296. The summed E-state index contributed by atoms with van der Waals surface area (Å²) in [5.74, 6) is 0. The zero-order chi connectivity index (χ0) is 5.91. The Hall–Kier alpha value is -0.113. The molecule has 0 rings (SSSR count). The topological polar surface area (TPSA) is 0 Å². The van der Waals surface area contributed by atoms with Crippen molar-refractivity contribution in [3.8, 4) is 0 Å². The first-order valence-electron chi connectivity index (χ1n) is 2.36. The second-order valence-electron chi connectivity index (χ2n) is 2.21. The van der Waals surface area contributed by atoms with E-state index in [1.807, 2.05) is 0 Å². The number of allylic oxidation sites excluding steroid dienone is 1. The first-order chi connectivity index (χ1) is 3.06. The van der Waals surface area contributed by atoms with Gasteiger partial charge in [-0.05, 0) is 19.1 Å². The van der Waals surface area contributed by atoms with Gasteiger partial charge in [0.25, 0.3) is 0 Å². The molecule has 0 amide bonds. The molecule has 2 heteroatoms. The standard InChI is InChI=1S/C5H11FSi/c1-4-5-7(2,3)6/h4H,1,5H2,2-3H3. The molecule has 0 atom stereocenters. The molecule has 0 aromatic carbocycles. The largest absolute Gasteiger partial charge is 0.314 e. The molecule has 0 aromatic rings. The molecule has 0 bridgehead atoms. The summed E-state index contributed by atoms with van der Waals surface area (Å²) < 4.78 is 12.5. The van der Waals surface area contributed by atoms with E-state index in [1.54, 1.807) is 19.2 Å². The van der Waals surface area contributed by atoms with E-state index in [0.29, 0.717) is 6.04 Å². The lowest BCUT2D eigenvalue weighted by Crippen LogP contribution is -2.15. The lowest BCUT2D eigenvalue weighted by Gasteiger charge is -2.04. The van der Waals surface area contributed by atoms with Gasteiger partial charge in [0.15, 0.2) is 0 Å². The highest BCUT2D eigenvalue weighted by molar-refractivity contribution is 6.70. The van der Waals surface area contributed by atoms with Crippen molar-refractivity contribution in [2.75, 3.05) is 0 Å². The van der Waals surface area contributed by atoms with E-state index in [1.165, 1.54) is 0 Å². The van der Waals surface area contributed by atoms with Gasteiger partial charge in [-0.15, -0.1) is 6.58 Å². The maximum atomic E-state index is 12.5. The second kappa shape index (κ2) is 2.26. The molecule has 0 unspecified atom stereocenters. The zero-order valence-corrected chi connectivity index (χ0v) is 5.87. The number of hydrogen-bond acceptors (Lipinski definition) is 0. The van der Waals surface area contributed by atoms with Crippen LogP contribution in [0.2, 0.25) is 19.1 Å². The van der Waals surface area contributed by atoms with E-state index >= 15 is 0 Å². The van der Waals surface area contributed by atoms with Gasteiger partial charge in [-0.1, -0.05) is 6.08 Å². The summed E-state index contributed by atoms with van der Waals surface area (Å²) >= 11 is 0. The summed E-state index contributed by atoms with van der Waals surface area (Å²) in [6.45, 7) is 6.79. The highest BCUT2D eigenvalue weighted by Gasteiger charge is 2.16. The highest BCUT2D eigenvalue weighted by Crippen LogP contribution is 2.08. The van der Waals surface area contributed by atoms with Crippen molar-refractivity contribution in [2.45, 2.75) is 19.1 Å². The molecule has 0 aliphatic rings. The van der Waals surface area contributed by atoms with Crippen LogP contribution in [-0.4, -0.2) is 8.41 Å². The van der Waals surface area contributed by atoms with Crippen LogP contribution >= 0.6 is 0 Å². The van der Waals surface area contributed by atoms with Gasteiger partial charge < -0.3 is 4.11 Å². The molecule has 0 saturated carbocycles. The molecule has 0 aliphatic heterocycles. The molecule has 7 heavy (non-hydrogen) atoms. The maximum Gasteiger partial charge on any atom is 0.244 e. The van der Waals surface area contributed by atoms with Crippen LogP contribution in [0.4, 0.5) is 4.11 Å². The van der Waals surface area contributed by atoms with Crippen molar-refractivity contribution >= 4 is 8.41 Å². The second-order valence-corrected chi connectivity index (χ2v) is 6.06. The summed E-state index contributed by atoms with van der Waals surface area (Å²) in [6, 6.07) is 0.576. The highest BCUT2D eigenvalue weighted by atomic mass is 28.4. The molecule has 0 spiro atoms. The minimum atomic E-state index is -2.28. The monoisotopic (exact) mass is 118 g/mol. The lowest BCUT2D eigenvalue weighted by atomic mass is 10.8. The van der Waals surface area contributed by atoms with Crippen LogP contribution in [0.3, 0.4) is 0 Å². The average molecular weight is 118 g/mol. The Morgan fingerprint density at radius 2 is 2.14 bits per heavy atom. The molecule has 42 valence electrons. The third-order valence-electron chi connectivity index (χ3n) is 0.630. The molecule has 0 heterocycles. The van der Waals surface area contributed by atoms with E-state index in [0.717, 1.165) is 0 Å². The van der Waals surface area contributed by atoms with Crippen LogP contribution in [0.25, 0.3) is 0 Å². The van der Waals surface area contributed by atoms with Gasteiger partial charge in [0.05, 0.1) is 0 Å². The Kier molecular flexibility index (Phi) is 2.22. The van der Waals surface area contributed by atoms with Crippen molar-refractivity contribution in [1.29, 1.82) is 0 Å². The first kappa shape index (κ1) is 6.89. The van der Waals surface area contributed by atoms with Crippen LogP contribution < -0.4 is 0 Å². The zero-order valence-electron chi connectivity index (χ0n) is 4.87. The molecule has 0 fully saturated rings. The Balaban J connectivity index is 3.34. The molecular weight excluding hydrogens is 107 g/mol. The fourth-order valence-electron chi connectivity index (χ4n) is 0.343. The smallest absolute Gasteiger partial charge is 0.244 e. The first-order valence-corrected chi connectivity index (χ1v) is 5.44. The van der Waals surface area contributed by atoms with Crippen molar-refractivity contribution in [2.24, 2.45) is 0 Å². The van der Waals surface area contributed by atoms with E-state index in [-0.39, 0.29) is 0 Å². The van der Waals surface area contributed by atoms with Crippen LogP contribution in [0.15, 0.2) is 12.7 Å². The fourth-order valence-corrected chi connectivity index (χ4v) is 1.03. The Morgan fingerprint density at radius 1 is 1.71 bits per heavy atom.